The molecule has 2 aromatic rings. The number of para-hydroxylation sites is 1. The van der Waals surface area contributed by atoms with E-state index < -0.39 is 0 Å². The molecule has 0 fully saturated rings. The van der Waals surface area contributed by atoms with Crippen LogP contribution in [0.1, 0.15) is 18.5 Å². The van der Waals surface area contributed by atoms with Crippen molar-refractivity contribution in [3.8, 4) is 0 Å². The molecule has 2 aromatic carbocycles. The van der Waals surface area contributed by atoms with Gasteiger partial charge in [-0.3, -0.25) is 4.48 Å². The molecule has 1 unspecified atom stereocenters. The van der Waals surface area contributed by atoms with Gasteiger partial charge in [0.25, 0.3) is 0 Å². The number of benzene rings is 2. The Hall–Kier alpha value is -1.20. The second-order valence-electron chi connectivity index (χ2n) is 4.96. The summed E-state index contributed by atoms with van der Waals surface area (Å²) in [4.78, 5) is 0. The topological polar surface area (TPSA) is 0 Å². The van der Waals surface area contributed by atoms with Gasteiger partial charge in [-0.1, -0.05) is 48.5 Å². The van der Waals surface area contributed by atoms with Crippen molar-refractivity contribution in [3.05, 3.63) is 66.2 Å². The molecule has 2 rings (SSSR count). The van der Waals surface area contributed by atoms with Gasteiger partial charge in [-0.05, 0) is 19.1 Å². The minimum Gasteiger partial charge on any atom is -1.00 e. The fraction of sp³-hybridized carbons (Fsp3) is 0.250. The second kappa shape index (κ2) is 16.6. The molecule has 1 nitrogen and oxygen atoms in total. The van der Waals surface area contributed by atoms with Crippen LogP contribution in [-0.2, 0) is 0 Å². The molecular weight excluding hydrogens is 442 g/mol. The maximum Gasteiger partial charge on any atom is 3.00 e. The van der Waals surface area contributed by atoms with Crippen molar-refractivity contribution in [2.24, 2.45) is 0 Å². The van der Waals surface area contributed by atoms with Gasteiger partial charge < -0.3 is 28.2 Å². The molecular formula is C16H20F6NSb-2. The quantitative estimate of drug-likeness (QED) is 0.242. The molecule has 0 amide bonds. The Morgan fingerprint density at radius 1 is 0.625 bits per heavy atom. The minimum atomic E-state index is 0. The van der Waals surface area contributed by atoms with Gasteiger partial charge >= 0.3 is 24.4 Å². The summed E-state index contributed by atoms with van der Waals surface area (Å²) in [5.41, 5.74) is 2.71. The van der Waals surface area contributed by atoms with E-state index in [-0.39, 0.29) is 52.7 Å². The zero-order valence-electron chi connectivity index (χ0n) is 13.5. The molecule has 138 valence electrons. The van der Waals surface area contributed by atoms with Crippen LogP contribution in [0.2, 0.25) is 0 Å². The summed E-state index contributed by atoms with van der Waals surface area (Å²) < 4.78 is 0.866. The molecule has 2 radical (unpaired) electrons. The third-order valence-electron chi connectivity index (χ3n) is 3.67. The van der Waals surface area contributed by atoms with Crippen LogP contribution >= 0.6 is 0 Å². The Morgan fingerprint density at radius 3 is 1.33 bits per heavy atom. The molecule has 0 spiro atoms. The average Bonchev–Trinajstić information content (AvgIpc) is 2.40. The number of rotatable bonds is 3. The van der Waals surface area contributed by atoms with Crippen LogP contribution in [0.5, 0.6) is 0 Å². The first-order valence-corrected chi connectivity index (χ1v) is 6.06. The zero-order valence-corrected chi connectivity index (χ0v) is 16.1. The number of quaternary nitrogens is 1. The molecule has 24 heavy (non-hydrogen) atoms. The Labute approximate surface area is 156 Å². The summed E-state index contributed by atoms with van der Waals surface area (Å²) in [6, 6.07) is 21.8. The van der Waals surface area contributed by atoms with E-state index >= 15 is 0 Å². The van der Waals surface area contributed by atoms with E-state index in [0.29, 0.717) is 6.04 Å². The molecule has 0 aromatic heterocycles. The van der Waals surface area contributed by atoms with Gasteiger partial charge in [0.2, 0.25) is 0 Å². The smallest absolute Gasteiger partial charge is 1.00 e. The van der Waals surface area contributed by atoms with Crippen molar-refractivity contribution < 1.29 is 28.2 Å². The number of nitrogens with zero attached hydrogens (tertiary/aromatic N) is 1. The van der Waals surface area contributed by atoms with Crippen LogP contribution in [0, 0.1) is 0 Å². The van der Waals surface area contributed by atoms with Crippen LogP contribution in [0.4, 0.5) is 5.69 Å². The van der Waals surface area contributed by atoms with Crippen LogP contribution in [-0.4, -0.2) is 38.5 Å². The Morgan fingerprint density at radius 2 is 0.958 bits per heavy atom. The molecule has 0 aliphatic rings. The molecule has 0 aliphatic heterocycles. The van der Waals surface area contributed by atoms with Crippen molar-refractivity contribution in [1.29, 1.82) is 0 Å². The molecule has 1 atom stereocenters. The van der Waals surface area contributed by atoms with Crippen LogP contribution < -0.4 is 32.7 Å². The van der Waals surface area contributed by atoms with E-state index in [1.165, 1.54) is 11.3 Å². The number of hydrogen-bond acceptors (Lipinski definition) is 0. The standard InChI is InChI=1S/C16H20N.6FH.Sb/c1-14(15-10-6-4-7-11-15)17(2,3)16-12-8-5-9-13-16;;;;;;;/h4-14H,1-3H3;6*1H;/q+1;;;;;;;+3/p-6. The molecule has 0 saturated carbocycles. The maximum atomic E-state index is 2.28. The van der Waals surface area contributed by atoms with Crippen molar-refractivity contribution in [2.75, 3.05) is 14.1 Å². The Kier molecular flexibility index (Phi) is 26.6. The van der Waals surface area contributed by atoms with E-state index in [2.05, 4.69) is 81.7 Å². The Bertz CT molecular complexity index is 484. The third-order valence-corrected chi connectivity index (χ3v) is 3.67. The first-order valence-electron chi connectivity index (χ1n) is 6.06. The summed E-state index contributed by atoms with van der Waals surface area (Å²) in [7, 11) is 4.51. The van der Waals surface area contributed by atoms with Gasteiger partial charge in [-0.25, -0.2) is 0 Å². The summed E-state index contributed by atoms with van der Waals surface area (Å²) in [6.07, 6.45) is 0. The van der Waals surface area contributed by atoms with Gasteiger partial charge in [0.1, 0.15) is 11.7 Å². The largest absolute Gasteiger partial charge is 3.00 e. The molecule has 0 heterocycles. The van der Waals surface area contributed by atoms with Crippen LogP contribution in [0.3, 0.4) is 0 Å². The van der Waals surface area contributed by atoms with E-state index in [1.807, 2.05) is 0 Å². The van der Waals surface area contributed by atoms with E-state index in [1.54, 1.807) is 0 Å². The first kappa shape index (κ1) is 38.4. The van der Waals surface area contributed by atoms with E-state index in [4.69, 9.17) is 0 Å². The predicted molar refractivity (Wildman–Crippen MR) is 80.7 cm³/mol. The zero-order chi connectivity index (χ0) is 12.3. The maximum absolute atomic E-state index is 2.28. The second-order valence-corrected chi connectivity index (χ2v) is 4.96. The molecule has 0 aliphatic carbocycles. The fourth-order valence-corrected chi connectivity index (χ4v) is 2.14. The first-order chi connectivity index (χ1) is 8.12. The average molecular weight is 462 g/mol. The summed E-state index contributed by atoms with van der Waals surface area (Å²) in [5, 5.41) is 0. The molecule has 8 heteroatoms. The summed E-state index contributed by atoms with van der Waals surface area (Å²) in [6.45, 7) is 2.28. The molecule has 0 bridgehead atoms. The van der Waals surface area contributed by atoms with E-state index in [0.717, 1.165) is 4.48 Å². The summed E-state index contributed by atoms with van der Waals surface area (Å²) in [5.74, 6) is 0. The van der Waals surface area contributed by atoms with Crippen molar-refractivity contribution in [2.45, 2.75) is 13.0 Å². The van der Waals surface area contributed by atoms with Gasteiger partial charge in [0, 0.05) is 5.56 Å². The third kappa shape index (κ3) is 8.59. The minimum absolute atomic E-state index is 0. The van der Waals surface area contributed by atoms with Crippen LogP contribution in [0.25, 0.3) is 0 Å². The van der Waals surface area contributed by atoms with Crippen molar-refractivity contribution in [1.82, 2.24) is 4.48 Å². The number of halogens is 6. The summed E-state index contributed by atoms with van der Waals surface area (Å²) >= 11 is 0. The van der Waals surface area contributed by atoms with Gasteiger partial charge in [-0.15, -0.1) is 0 Å². The van der Waals surface area contributed by atoms with Gasteiger partial charge in [0.05, 0.1) is 14.1 Å². The molecule has 0 saturated heterocycles. The van der Waals surface area contributed by atoms with Gasteiger partial charge in [-0.2, -0.15) is 0 Å². The molecule has 0 N–H and O–H groups in total. The Balaban J connectivity index is -0.000000116. The van der Waals surface area contributed by atoms with Crippen molar-refractivity contribution >= 4 is 30.1 Å². The van der Waals surface area contributed by atoms with Crippen molar-refractivity contribution in [3.63, 3.8) is 0 Å². The number of hydrogen-bond donors (Lipinski definition) is 0. The monoisotopic (exact) mass is 461 g/mol. The van der Waals surface area contributed by atoms with Crippen LogP contribution in [0.15, 0.2) is 60.7 Å². The predicted octanol–water partition coefficient (Wildman–Crippen LogP) is -14.3. The fourth-order valence-electron chi connectivity index (χ4n) is 2.14. The van der Waals surface area contributed by atoms with E-state index in [9.17, 15) is 0 Å². The SMILES string of the molecule is CC(c1ccccc1)[N+](C)(C)c1ccccc1.[F-].[F-].[F-].[F-].[F-].[F-].[Sb+3]. The normalized spacial score (nSPS) is 9.46. The van der Waals surface area contributed by atoms with Gasteiger partial charge in [0.15, 0.2) is 0 Å².